The normalized spacial score (nSPS) is 14.4. The zero-order chi connectivity index (χ0) is 27.4. The number of piperazine rings is 1. The van der Waals surface area contributed by atoms with Crippen LogP contribution >= 0.6 is 0 Å². The van der Waals surface area contributed by atoms with Gasteiger partial charge >= 0.3 is 6.09 Å². The summed E-state index contributed by atoms with van der Waals surface area (Å²) >= 11 is 0. The highest BCUT2D eigenvalue weighted by Crippen LogP contribution is 2.37. The summed E-state index contributed by atoms with van der Waals surface area (Å²) in [6.07, 6.45) is 4.38. The van der Waals surface area contributed by atoms with Crippen molar-refractivity contribution >= 4 is 22.9 Å². The van der Waals surface area contributed by atoms with Crippen LogP contribution in [0.3, 0.4) is 0 Å². The lowest BCUT2D eigenvalue weighted by atomic mass is 9.96. The molecule has 1 aliphatic rings. The number of likely N-dealkylation sites (N-methyl/N-ethyl adjacent to an activating group) is 1. The second-order valence-corrected chi connectivity index (χ2v) is 9.78. The van der Waals surface area contributed by atoms with E-state index in [1.54, 1.807) is 37.8 Å². The van der Waals surface area contributed by atoms with Gasteiger partial charge in [0.15, 0.2) is 5.75 Å². The Kier molecular flexibility index (Phi) is 7.99. The monoisotopic (exact) mass is 526 g/mol. The third-order valence-corrected chi connectivity index (χ3v) is 7.18. The van der Waals surface area contributed by atoms with Gasteiger partial charge in [-0.3, -0.25) is 15.2 Å². The van der Waals surface area contributed by atoms with Crippen LogP contribution in [0, 0.1) is 13.8 Å². The van der Waals surface area contributed by atoms with Crippen molar-refractivity contribution in [3.8, 4) is 22.6 Å². The van der Waals surface area contributed by atoms with Crippen LogP contribution in [0.15, 0.2) is 55.0 Å². The second-order valence-electron chi connectivity index (χ2n) is 9.78. The van der Waals surface area contributed by atoms with E-state index in [9.17, 15) is 4.79 Å². The van der Waals surface area contributed by atoms with E-state index in [0.29, 0.717) is 22.6 Å². The maximum Gasteiger partial charge on any atom is 0.418 e. The Balaban J connectivity index is 1.29. The number of benzene rings is 2. The molecule has 4 aromatic rings. The molecule has 0 saturated carbocycles. The molecule has 5 rings (SSSR count). The van der Waals surface area contributed by atoms with Gasteiger partial charge in [0, 0.05) is 56.9 Å². The Morgan fingerprint density at radius 3 is 2.33 bits per heavy atom. The van der Waals surface area contributed by atoms with Gasteiger partial charge in [-0.05, 0) is 66.9 Å². The van der Waals surface area contributed by atoms with E-state index >= 15 is 0 Å². The molecule has 1 amide bonds. The molecule has 9 nitrogen and oxygen atoms in total. The highest BCUT2D eigenvalue weighted by Gasteiger charge is 2.18. The van der Waals surface area contributed by atoms with Gasteiger partial charge in [0.25, 0.3) is 0 Å². The van der Waals surface area contributed by atoms with Gasteiger partial charge in [-0.2, -0.15) is 0 Å². The van der Waals surface area contributed by atoms with Gasteiger partial charge in [0.1, 0.15) is 22.6 Å². The minimum atomic E-state index is -0.640. The SMILES string of the molecule is CCN1CCN(Cc2ccc(NC(=O)Oc3ccc(-c4cc(C)cc(OC)c4C)c4nccnc34)nc2)CC1. The number of nitrogens with zero attached hydrogens (tertiary/aromatic N) is 5. The summed E-state index contributed by atoms with van der Waals surface area (Å²) in [7, 11) is 1.66. The van der Waals surface area contributed by atoms with Crippen LogP contribution in [0.1, 0.15) is 23.6 Å². The average molecular weight is 527 g/mol. The van der Waals surface area contributed by atoms with E-state index in [0.717, 1.165) is 72.8 Å². The minimum Gasteiger partial charge on any atom is -0.496 e. The molecule has 39 heavy (non-hydrogen) atoms. The number of aromatic nitrogens is 3. The number of carbonyl (C=O) groups excluding carboxylic acids is 1. The number of hydrogen-bond acceptors (Lipinski definition) is 8. The van der Waals surface area contributed by atoms with Crippen molar-refractivity contribution in [2.45, 2.75) is 27.3 Å². The minimum absolute atomic E-state index is 0.319. The standard InChI is InChI=1S/C30H34N6O3/c1-5-35-12-14-36(15-13-35)19-22-6-9-27(33-18-22)34-30(37)39-25-8-7-23(28-29(25)32-11-10-31-28)24-16-20(2)17-26(38-4)21(24)3/h6-11,16-18H,5,12-15,19H2,1-4H3,(H,33,34,37). The molecule has 0 unspecified atom stereocenters. The Labute approximate surface area is 228 Å². The lowest BCUT2D eigenvalue weighted by molar-refractivity contribution is 0.132. The van der Waals surface area contributed by atoms with Crippen molar-refractivity contribution in [1.29, 1.82) is 0 Å². The number of amides is 1. The van der Waals surface area contributed by atoms with Crippen LogP contribution in [0.4, 0.5) is 10.6 Å². The molecule has 9 heteroatoms. The average Bonchev–Trinajstić information content (AvgIpc) is 2.96. The third-order valence-electron chi connectivity index (χ3n) is 7.18. The predicted molar refractivity (Wildman–Crippen MR) is 152 cm³/mol. The number of pyridine rings is 1. The fraction of sp³-hybridized carbons (Fsp3) is 0.333. The summed E-state index contributed by atoms with van der Waals surface area (Å²) in [5, 5.41) is 2.72. The van der Waals surface area contributed by atoms with Crippen molar-refractivity contribution in [1.82, 2.24) is 24.8 Å². The summed E-state index contributed by atoms with van der Waals surface area (Å²) < 4.78 is 11.2. The van der Waals surface area contributed by atoms with Crippen molar-refractivity contribution in [2.24, 2.45) is 0 Å². The van der Waals surface area contributed by atoms with E-state index in [-0.39, 0.29) is 0 Å². The van der Waals surface area contributed by atoms with Gasteiger partial charge in [0.05, 0.1) is 7.11 Å². The zero-order valence-corrected chi connectivity index (χ0v) is 22.9. The van der Waals surface area contributed by atoms with Crippen LogP contribution in [-0.4, -0.2) is 70.7 Å². The molecule has 0 aliphatic carbocycles. The number of hydrogen-bond donors (Lipinski definition) is 1. The molecule has 3 heterocycles. The molecule has 1 saturated heterocycles. The van der Waals surface area contributed by atoms with Crippen LogP contribution in [0.2, 0.25) is 0 Å². The first kappa shape index (κ1) is 26.5. The molecule has 2 aromatic heterocycles. The number of fused-ring (bicyclic) bond motifs is 1. The Morgan fingerprint density at radius 1 is 0.897 bits per heavy atom. The fourth-order valence-corrected chi connectivity index (χ4v) is 4.99. The Morgan fingerprint density at radius 2 is 1.64 bits per heavy atom. The summed E-state index contributed by atoms with van der Waals surface area (Å²) in [5.41, 5.74) is 6.20. The first-order valence-corrected chi connectivity index (χ1v) is 13.2. The molecule has 1 N–H and O–H groups in total. The number of aryl methyl sites for hydroxylation is 1. The van der Waals surface area contributed by atoms with Gasteiger partial charge in [0.2, 0.25) is 0 Å². The number of carbonyl (C=O) groups is 1. The molecule has 0 spiro atoms. The van der Waals surface area contributed by atoms with E-state index < -0.39 is 6.09 Å². The number of methoxy groups -OCH3 is 1. The number of nitrogens with one attached hydrogen (secondary N) is 1. The quantitative estimate of drug-likeness (QED) is 0.357. The highest BCUT2D eigenvalue weighted by molar-refractivity contribution is 5.97. The lowest BCUT2D eigenvalue weighted by Crippen LogP contribution is -2.45. The van der Waals surface area contributed by atoms with Gasteiger partial charge in [-0.1, -0.05) is 19.1 Å². The van der Waals surface area contributed by atoms with Crippen LogP contribution < -0.4 is 14.8 Å². The second kappa shape index (κ2) is 11.8. The van der Waals surface area contributed by atoms with E-state index in [1.165, 1.54) is 0 Å². The number of anilines is 1. The first-order valence-electron chi connectivity index (χ1n) is 13.2. The summed E-state index contributed by atoms with van der Waals surface area (Å²) in [4.78, 5) is 31.1. The van der Waals surface area contributed by atoms with E-state index in [1.807, 2.05) is 32.0 Å². The van der Waals surface area contributed by atoms with Crippen LogP contribution in [0.25, 0.3) is 22.2 Å². The van der Waals surface area contributed by atoms with Gasteiger partial charge in [-0.15, -0.1) is 0 Å². The summed E-state index contributed by atoms with van der Waals surface area (Å²) in [6, 6.07) is 11.5. The molecular formula is C30H34N6O3. The lowest BCUT2D eigenvalue weighted by Gasteiger charge is -2.33. The largest absolute Gasteiger partial charge is 0.496 e. The molecule has 202 valence electrons. The fourth-order valence-electron chi connectivity index (χ4n) is 4.99. The zero-order valence-electron chi connectivity index (χ0n) is 22.9. The van der Waals surface area contributed by atoms with Crippen molar-refractivity contribution in [3.63, 3.8) is 0 Å². The molecule has 0 bridgehead atoms. The highest BCUT2D eigenvalue weighted by atomic mass is 16.6. The maximum absolute atomic E-state index is 12.8. The maximum atomic E-state index is 12.8. The van der Waals surface area contributed by atoms with Crippen molar-refractivity contribution in [2.75, 3.05) is 45.2 Å². The molecule has 0 atom stereocenters. The van der Waals surface area contributed by atoms with E-state index in [4.69, 9.17) is 9.47 Å². The predicted octanol–water partition coefficient (Wildman–Crippen LogP) is 5.07. The van der Waals surface area contributed by atoms with Crippen molar-refractivity contribution < 1.29 is 14.3 Å². The number of ether oxygens (including phenoxy) is 2. The summed E-state index contributed by atoms with van der Waals surface area (Å²) in [6.45, 7) is 12.5. The molecule has 2 aromatic carbocycles. The van der Waals surface area contributed by atoms with Gasteiger partial charge < -0.3 is 14.4 Å². The van der Waals surface area contributed by atoms with Gasteiger partial charge in [-0.25, -0.2) is 14.8 Å². The molecule has 1 aliphatic heterocycles. The summed E-state index contributed by atoms with van der Waals surface area (Å²) in [5.74, 6) is 1.55. The molecular weight excluding hydrogens is 492 g/mol. The Hall–Kier alpha value is -4.08. The molecule has 1 fully saturated rings. The molecule has 0 radical (unpaired) electrons. The first-order chi connectivity index (χ1) is 18.9. The third kappa shape index (κ3) is 6.00. The smallest absolute Gasteiger partial charge is 0.418 e. The van der Waals surface area contributed by atoms with E-state index in [2.05, 4.69) is 43.1 Å². The number of rotatable bonds is 7. The topological polar surface area (TPSA) is 92.7 Å². The van der Waals surface area contributed by atoms with Crippen LogP contribution in [-0.2, 0) is 6.54 Å². The van der Waals surface area contributed by atoms with Crippen LogP contribution in [0.5, 0.6) is 11.5 Å². The Bertz CT molecular complexity index is 1470. The van der Waals surface area contributed by atoms with Crippen molar-refractivity contribution in [3.05, 3.63) is 71.7 Å².